The predicted molar refractivity (Wildman–Crippen MR) is 213 cm³/mol. The number of fused-ring (bicyclic) bond motifs is 5. The van der Waals surface area contributed by atoms with Gasteiger partial charge in [0.1, 0.15) is 5.76 Å². The number of thiophene rings is 1. The molecule has 0 saturated carbocycles. The van der Waals surface area contributed by atoms with Crippen LogP contribution in [0.25, 0.3) is 31.4 Å². The van der Waals surface area contributed by atoms with Gasteiger partial charge in [0, 0.05) is 63.7 Å². The molecule has 1 radical (unpaired) electrons. The van der Waals surface area contributed by atoms with Crippen LogP contribution in [-0.4, -0.2) is 15.9 Å². The first-order chi connectivity index (χ1) is 22.6. The first-order valence-corrected chi connectivity index (χ1v) is 19.2. The number of benzene rings is 2. The van der Waals surface area contributed by atoms with E-state index in [0.29, 0.717) is 0 Å². The van der Waals surface area contributed by atoms with Crippen LogP contribution >= 0.6 is 11.3 Å². The Balaban J connectivity index is 0.000000279. The molecular weight excluding hydrogens is 811 g/mol. The van der Waals surface area contributed by atoms with Crippen molar-refractivity contribution >= 4 is 37.3 Å². The molecule has 0 spiro atoms. The zero-order valence-electron chi connectivity index (χ0n) is 33.4. The third-order valence-corrected chi connectivity index (χ3v) is 14.1. The molecular formula is C45H62IrNO2S-. The van der Waals surface area contributed by atoms with Gasteiger partial charge >= 0.3 is 0 Å². The maximum Gasteiger partial charge on any atom is 0.165 e. The van der Waals surface area contributed by atoms with E-state index in [1.54, 1.807) is 5.56 Å². The van der Waals surface area contributed by atoms with E-state index in [9.17, 15) is 9.90 Å². The number of hydrogen-bond acceptors (Lipinski definition) is 4. The van der Waals surface area contributed by atoms with Crippen molar-refractivity contribution in [2.24, 2.45) is 34.5 Å². The molecule has 0 atom stereocenters. The quantitative estimate of drug-likeness (QED) is 0.109. The average molecular weight is 873 g/mol. The topological polar surface area (TPSA) is 50.2 Å². The summed E-state index contributed by atoms with van der Waals surface area (Å²) in [5, 5.41) is 13.5. The second-order valence-electron chi connectivity index (χ2n) is 17.6. The minimum absolute atomic E-state index is 0. The van der Waals surface area contributed by atoms with Gasteiger partial charge < -0.3 is 10.1 Å². The van der Waals surface area contributed by atoms with Crippen LogP contribution in [-0.2, 0) is 35.7 Å². The Kier molecular flexibility index (Phi) is 12.9. The van der Waals surface area contributed by atoms with Crippen molar-refractivity contribution in [1.82, 2.24) is 4.98 Å². The number of allylic oxidation sites excluding steroid dienone is 2. The molecule has 0 amide bonds. The van der Waals surface area contributed by atoms with E-state index in [-0.39, 0.29) is 71.6 Å². The van der Waals surface area contributed by atoms with E-state index in [2.05, 4.69) is 120 Å². The van der Waals surface area contributed by atoms with Crippen molar-refractivity contribution in [2.45, 2.75) is 128 Å². The number of ketones is 1. The molecule has 4 aromatic rings. The van der Waals surface area contributed by atoms with Gasteiger partial charge in [0.2, 0.25) is 0 Å². The Hall–Kier alpha value is -2.33. The summed E-state index contributed by atoms with van der Waals surface area (Å²) in [6, 6.07) is 16.2. The van der Waals surface area contributed by atoms with E-state index in [0.717, 1.165) is 11.3 Å². The minimum atomic E-state index is -0.442. The second kappa shape index (κ2) is 15.3. The Morgan fingerprint density at radius 1 is 0.880 bits per heavy atom. The summed E-state index contributed by atoms with van der Waals surface area (Å²) in [5.41, 5.74) is 6.22. The largest absolute Gasteiger partial charge is 0.512 e. The van der Waals surface area contributed by atoms with Gasteiger partial charge in [-0.1, -0.05) is 103 Å². The van der Waals surface area contributed by atoms with Crippen molar-refractivity contribution < 1.29 is 30.0 Å². The number of rotatable bonds is 8. The minimum Gasteiger partial charge on any atom is -0.512 e. The van der Waals surface area contributed by atoms with Crippen LogP contribution in [0.5, 0.6) is 0 Å². The molecule has 275 valence electrons. The number of nitrogens with zero attached hydrogens (tertiary/aromatic N) is 1. The molecule has 1 aliphatic rings. The number of aromatic nitrogens is 1. The maximum atomic E-state index is 12.8. The number of carbonyl (C=O) groups is 1. The van der Waals surface area contributed by atoms with Gasteiger partial charge in [0.15, 0.2) is 5.78 Å². The van der Waals surface area contributed by atoms with Crippen molar-refractivity contribution in [2.75, 3.05) is 0 Å². The van der Waals surface area contributed by atoms with Crippen LogP contribution in [0.1, 0.15) is 126 Å². The van der Waals surface area contributed by atoms with Gasteiger partial charge in [-0.25, -0.2) is 0 Å². The van der Waals surface area contributed by atoms with Crippen LogP contribution in [0.3, 0.4) is 0 Å². The van der Waals surface area contributed by atoms with Gasteiger partial charge in [-0.3, -0.25) is 4.79 Å². The first-order valence-electron chi connectivity index (χ1n) is 18.4. The normalized spacial score (nSPS) is 16.1. The van der Waals surface area contributed by atoms with Gasteiger partial charge in [-0.05, 0) is 82.4 Å². The van der Waals surface area contributed by atoms with E-state index >= 15 is 0 Å². The molecule has 50 heavy (non-hydrogen) atoms. The standard InChI is InChI=1S/C26H26NS.C19H36O2.Ir/c1-16-15-19-21(26(4,5)13-12-25(19,2)3)20-18-11-14-27-22(24(18)28-23(16)20)17-9-7-6-8-10-17;1-12(2)18(9,13(3)4)16(20)11-17(21)19(10,14(5)6)15(7)8;/h6-9,11,14-15H,12-13H2,1-5H3;11-15,20H,1-10H3;/q-1;;/b;16-11-;. The van der Waals surface area contributed by atoms with E-state index < -0.39 is 5.41 Å². The van der Waals surface area contributed by atoms with E-state index in [4.69, 9.17) is 4.98 Å². The first kappa shape index (κ1) is 42.1. The fourth-order valence-corrected chi connectivity index (χ4v) is 9.10. The fourth-order valence-electron chi connectivity index (χ4n) is 7.82. The summed E-state index contributed by atoms with van der Waals surface area (Å²) < 4.78 is 2.71. The number of aliphatic hydroxyl groups excluding tert-OH is 1. The van der Waals surface area contributed by atoms with Crippen molar-refractivity contribution in [3.63, 3.8) is 0 Å². The Morgan fingerprint density at radius 2 is 1.44 bits per heavy atom. The van der Waals surface area contributed by atoms with Gasteiger partial charge in [0.05, 0.1) is 0 Å². The number of aliphatic hydroxyl groups is 1. The SMILES string of the molecule is CC(C)C(C)(C(=O)/C=C(\O)C(C)(C(C)C)C(C)C)C(C)C.Cc1cc2c(c3c1sc1c(-c4[c-]cccc4)nccc13)C(C)(C)CCC2(C)C.[Ir]. The van der Waals surface area contributed by atoms with Gasteiger partial charge in [-0.2, -0.15) is 0 Å². The zero-order valence-corrected chi connectivity index (χ0v) is 36.6. The molecule has 0 aliphatic heterocycles. The van der Waals surface area contributed by atoms with Crippen LogP contribution in [0.2, 0.25) is 0 Å². The summed E-state index contributed by atoms with van der Waals surface area (Å²) in [6.45, 7) is 32.7. The molecule has 0 bridgehead atoms. The zero-order chi connectivity index (χ0) is 36.9. The predicted octanol–water partition coefficient (Wildman–Crippen LogP) is 13.2. The van der Waals surface area contributed by atoms with E-state index in [1.165, 1.54) is 50.2 Å². The molecule has 0 unspecified atom stereocenters. The summed E-state index contributed by atoms with van der Waals surface area (Å²) >= 11 is 1.90. The number of carbonyl (C=O) groups excluding carboxylic acids is 1. The molecule has 2 aromatic carbocycles. The van der Waals surface area contributed by atoms with E-state index in [1.807, 2.05) is 43.5 Å². The Bertz CT molecular complexity index is 1830. The molecule has 1 N–H and O–H groups in total. The summed E-state index contributed by atoms with van der Waals surface area (Å²) in [6.07, 6.45) is 5.94. The molecule has 2 heterocycles. The molecule has 0 fully saturated rings. The van der Waals surface area contributed by atoms with Gasteiger partial charge in [-0.15, -0.1) is 47.2 Å². The average Bonchev–Trinajstić information content (AvgIpc) is 3.43. The smallest absolute Gasteiger partial charge is 0.165 e. The molecule has 5 rings (SSSR count). The number of pyridine rings is 1. The third-order valence-electron chi connectivity index (χ3n) is 12.7. The molecule has 1 aliphatic carbocycles. The number of hydrogen-bond donors (Lipinski definition) is 1. The molecule has 5 heteroatoms. The fraction of sp³-hybridized carbons (Fsp3) is 0.556. The Morgan fingerprint density at radius 3 is 1.96 bits per heavy atom. The van der Waals surface area contributed by atoms with Crippen LogP contribution in [0.4, 0.5) is 0 Å². The maximum absolute atomic E-state index is 12.8. The van der Waals surface area contributed by atoms with Crippen LogP contribution in [0.15, 0.2) is 54.4 Å². The number of aryl methyl sites for hydroxylation is 1. The second-order valence-corrected chi connectivity index (χ2v) is 18.6. The molecule has 2 aromatic heterocycles. The summed E-state index contributed by atoms with van der Waals surface area (Å²) in [7, 11) is 0. The molecule has 3 nitrogen and oxygen atoms in total. The van der Waals surface area contributed by atoms with Crippen LogP contribution < -0.4 is 0 Å². The van der Waals surface area contributed by atoms with Crippen molar-refractivity contribution in [3.8, 4) is 11.3 Å². The molecule has 0 saturated heterocycles. The monoisotopic (exact) mass is 873 g/mol. The van der Waals surface area contributed by atoms with Gasteiger partial charge in [0.25, 0.3) is 0 Å². The van der Waals surface area contributed by atoms with Crippen molar-refractivity contribution in [1.29, 1.82) is 0 Å². The summed E-state index contributed by atoms with van der Waals surface area (Å²) in [5.74, 6) is 1.27. The van der Waals surface area contributed by atoms with Crippen molar-refractivity contribution in [3.05, 3.63) is 77.2 Å². The Labute approximate surface area is 321 Å². The third kappa shape index (κ3) is 7.44. The summed E-state index contributed by atoms with van der Waals surface area (Å²) in [4.78, 5) is 17.6. The van der Waals surface area contributed by atoms with Crippen LogP contribution in [0, 0.1) is 47.5 Å².